The van der Waals surface area contributed by atoms with Crippen LogP contribution >= 0.6 is 0 Å². The lowest BCUT2D eigenvalue weighted by Crippen LogP contribution is -2.10. The lowest BCUT2D eigenvalue weighted by Gasteiger charge is -2.14. The molecule has 1 amide bonds. The fourth-order valence-electron chi connectivity index (χ4n) is 4.43. The Bertz CT molecular complexity index is 1290. The smallest absolute Gasteiger partial charge is 0.273 e. The lowest BCUT2D eigenvalue weighted by atomic mass is 9.93. The van der Waals surface area contributed by atoms with E-state index in [0.717, 1.165) is 59.1 Å². The molecule has 2 aromatic carbocycles. The summed E-state index contributed by atoms with van der Waals surface area (Å²) in [4.78, 5) is 23.3. The molecule has 0 bridgehead atoms. The van der Waals surface area contributed by atoms with E-state index in [4.69, 9.17) is 13.9 Å². The molecule has 8 nitrogen and oxygen atoms in total. The molecule has 0 spiro atoms. The summed E-state index contributed by atoms with van der Waals surface area (Å²) in [5.41, 5.74) is 4.77. The summed E-state index contributed by atoms with van der Waals surface area (Å²) in [7, 11) is 3.00. The van der Waals surface area contributed by atoms with E-state index in [1.165, 1.54) is 36.9 Å². The molecule has 0 radical (unpaired) electrons. The van der Waals surface area contributed by atoms with Crippen LogP contribution in [0.15, 0.2) is 34.8 Å². The highest BCUT2D eigenvalue weighted by Crippen LogP contribution is 2.41. The number of nitrogens with zero attached hydrogens (tertiary/aromatic N) is 1. The van der Waals surface area contributed by atoms with Gasteiger partial charge in [-0.25, -0.2) is 0 Å². The number of carbonyl (C=O) groups is 1. The van der Waals surface area contributed by atoms with Crippen LogP contribution in [0, 0.1) is 17.0 Å². The topological polar surface area (TPSA) is 104 Å². The molecule has 1 heterocycles. The molecule has 1 N–H and O–H groups in total. The Morgan fingerprint density at radius 2 is 1.94 bits per heavy atom. The third-order valence-electron chi connectivity index (χ3n) is 6.06. The van der Waals surface area contributed by atoms with Crippen molar-refractivity contribution in [3.05, 3.63) is 62.9 Å². The number of hydrogen-bond donors (Lipinski definition) is 1. The maximum atomic E-state index is 12.8. The summed E-state index contributed by atoms with van der Waals surface area (Å²) >= 11 is 0. The van der Waals surface area contributed by atoms with Gasteiger partial charge in [-0.1, -0.05) is 0 Å². The molecule has 0 aliphatic heterocycles. The Balaban J connectivity index is 1.69. The first-order valence-electron chi connectivity index (χ1n) is 10.8. The van der Waals surface area contributed by atoms with Crippen LogP contribution in [0.4, 0.5) is 11.4 Å². The molecule has 4 rings (SSSR count). The Labute approximate surface area is 191 Å². The zero-order valence-corrected chi connectivity index (χ0v) is 19.1. The van der Waals surface area contributed by atoms with Crippen molar-refractivity contribution < 1.29 is 23.6 Å². The predicted molar refractivity (Wildman–Crippen MR) is 126 cm³/mol. The number of carbonyl (C=O) groups excluding carboxylic acids is 1. The van der Waals surface area contributed by atoms with Crippen molar-refractivity contribution in [3.8, 4) is 11.5 Å². The van der Waals surface area contributed by atoms with Gasteiger partial charge < -0.3 is 19.2 Å². The number of ether oxygens (including phenoxy) is 2. The largest absolute Gasteiger partial charge is 0.496 e. The summed E-state index contributed by atoms with van der Waals surface area (Å²) < 4.78 is 17.1. The molecular weight excluding hydrogens is 424 g/mol. The number of methoxy groups -OCH3 is 2. The number of fused-ring (bicyclic) bond motifs is 3. The molecule has 0 saturated heterocycles. The van der Waals surface area contributed by atoms with Crippen molar-refractivity contribution in [2.45, 2.75) is 39.5 Å². The molecule has 0 unspecified atom stereocenters. The molecule has 1 aliphatic rings. The quantitative estimate of drug-likeness (QED) is 0.298. The van der Waals surface area contributed by atoms with E-state index >= 15 is 0 Å². The molecule has 1 aliphatic carbocycles. The van der Waals surface area contributed by atoms with Gasteiger partial charge in [-0.3, -0.25) is 14.9 Å². The second-order valence-electron chi connectivity index (χ2n) is 8.13. The molecule has 33 heavy (non-hydrogen) atoms. The second kappa shape index (κ2) is 8.97. The highest BCUT2D eigenvalue weighted by molar-refractivity contribution is 6.05. The SMILES string of the molecule is COc1cc([N+](=O)[O-])ccc1NC(=O)/C=C(\C)c1cc2c3c(oc2c(C)c1OC)CCCC3. The molecule has 0 saturated carbocycles. The molecular formula is C25H26N2O6. The van der Waals surface area contributed by atoms with Gasteiger partial charge in [0.15, 0.2) is 0 Å². The fourth-order valence-corrected chi connectivity index (χ4v) is 4.43. The summed E-state index contributed by atoms with van der Waals surface area (Å²) in [6.07, 6.45) is 5.67. The predicted octanol–water partition coefficient (Wildman–Crippen LogP) is 5.59. The Kier molecular flexibility index (Phi) is 6.09. The number of benzene rings is 2. The van der Waals surface area contributed by atoms with E-state index in [-0.39, 0.29) is 17.3 Å². The van der Waals surface area contributed by atoms with Gasteiger partial charge in [0.2, 0.25) is 5.91 Å². The maximum Gasteiger partial charge on any atom is 0.273 e. The van der Waals surface area contributed by atoms with Gasteiger partial charge in [-0.05, 0) is 50.8 Å². The average Bonchev–Trinajstić information content (AvgIpc) is 3.18. The van der Waals surface area contributed by atoms with Crippen molar-refractivity contribution in [2.24, 2.45) is 0 Å². The number of allylic oxidation sites excluding steroid dienone is 1. The minimum atomic E-state index is -0.516. The first kappa shape index (κ1) is 22.4. The van der Waals surface area contributed by atoms with Gasteiger partial charge in [0.25, 0.3) is 5.69 Å². The van der Waals surface area contributed by atoms with Gasteiger partial charge in [-0.2, -0.15) is 0 Å². The van der Waals surface area contributed by atoms with Crippen molar-refractivity contribution >= 4 is 33.8 Å². The second-order valence-corrected chi connectivity index (χ2v) is 8.13. The molecule has 3 aromatic rings. The van der Waals surface area contributed by atoms with E-state index in [1.807, 2.05) is 19.9 Å². The zero-order chi connectivity index (χ0) is 23.7. The maximum absolute atomic E-state index is 12.8. The van der Waals surface area contributed by atoms with E-state index < -0.39 is 4.92 Å². The van der Waals surface area contributed by atoms with Crippen molar-refractivity contribution in [1.82, 2.24) is 0 Å². The Morgan fingerprint density at radius 3 is 2.64 bits per heavy atom. The van der Waals surface area contributed by atoms with Crippen molar-refractivity contribution in [2.75, 3.05) is 19.5 Å². The van der Waals surface area contributed by atoms with E-state index in [2.05, 4.69) is 5.32 Å². The zero-order valence-electron chi connectivity index (χ0n) is 19.1. The Morgan fingerprint density at radius 1 is 1.18 bits per heavy atom. The summed E-state index contributed by atoms with van der Waals surface area (Å²) in [6.45, 7) is 3.82. The van der Waals surface area contributed by atoms with Crippen LogP contribution in [0.1, 0.15) is 42.2 Å². The summed E-state index contributed by atoms with van der Waals surface area (Å²) in [5, 5.41) is 14.8. The lowest BCUT2D eigenvalue weighted by molar-refractivity contribution is -0.384. The highest BCUT2D eigenvalue weighted by Gasteiger charge is 2.23. The van der Waals surface area contributed by atoms with Gasteiger partial charge in [0, 0.05) is 40.6 Å². The van der Waals surface area contributed by atoms with Crippen LogP contribution in [0.3, 0.4) is 0 Å². The van der Waals surface area contributed by atoms with Crippen molar-refractivity contribution in [1.29, 1.82) is 0 Å². The molecule has 8 heteroatoms. The standard InChI is InChI=1S/C25H26N2O6/c1-14(11-23(28)26-20-10-9-16(27(29)30)12-22(20)31-3)18-13-19-17-7-5-6-8-21(17)33-25(19)15(2)24(18)32-4/h9-13H,5-8H2,1-4H3,(H,26,28)/b14-11+. The van der Waals surface area contributed by atoms with Gasteiger partial charge in [0.05, 0.1) is 30.9 Å². The molecule has 172 valence electrons. The van der Waals surface area contributed by atoms with E-state index in [9.17, 15) is 14.9 Å². The third-order valence-corrected chi connectivity index (χ3v) is 6.06. The van der Waals surface area contributed by atoms with Crippen LogP contribution in [-0.4, -0.2) is 25.1 Å². The molecule has 0 fully saturated rings. The number of anilines is 1. The number of nitro groups is 1. The van der Waals surface area contributed by atoms with Gasteiger partial charge in [0.1, 0.15) is 22.8 Å². The summed E-state index contributed by atoms with van der Waals surface area (Å²) in [5.74, 6) is 1.54. The average molecular weight is 450 g/mol. The van der Waals surface area contributed by atoms with Gasteiger partial charge >= 0.3 is 0 Å². The van der Waals surface area contributed by atoms with E-state index in [0.29, 0.717) is 11.4 Å². The van der Waals surface area contributed by atoms with Crippen molar-refractivity contribution in [3.63, 3.8) is 0 Å². The first-order chi connectivity index (χ1) is 15.8. The number of non-ortho nitro benzene ring substituents is 1. The number of aryl methyl sites for hydroxylation is 3. The molecule has 0 atom stereocenters. The normalized spacial score (nSPS) is 13.5. The highest BCUT2D eigenvalue weighted by atomic mass is 16.6. The third kappa shape index (κ3) is 4.16. The van der Waals surface area contributed by atoms with Crippen LogP contribution in [0.5, 0.6) is 11.5 Å². The monoisotopic (exact) mass is 450 g/mol. The first-order valence-corrected chi connectivity index (χ1v) is 10.8. The number of nitrogens with one attached hydrogen (secondary N) is 1. The number of rotatable bonds is 6. The summed E-state index contributed by atoms with van der Waals surface area (Å²) in [6, 6.07) is 6.08. The number of amides is 1. The number of hydrogen-bond acceptors (Lipinski definition) is 6. The number of furan rings is 1. The molecule has 1 aromatic heterocycles. The fraction of sp³-hybridized carbons (Fsp3) is 0.320. The minimum Gasteiger partial charge on any atom is -0.496 e. The minimum absolute atomic E-state index is 0.117. The number of nitro benzene ring substituents is 1. The van der Waals surface area contributed by atoms with E-state index in [1.54, 1.807) is 7.11 Å². The van der Waals surface area contributed by atoms with Crippen LogP contribution in [-0.2, 0) is 17.6 Å². The Hall–Kier alpha value is -3.81. The van der Waals surface area contributed by atoms with Gasteiger partial charge in [-0.15, -0.1) is 0 Å². The van der Waals surface area contributed by atoms with Crippen LogP contribution in [0.2, 0.25) is 0 Å². The van der Waals surface area contributed by atoms with Crippen LogP contribution < -0.4 is 14.8 Å². The van der Waals surface area contributed by atoms with Crippen LogP contribution in [0.25, 0.3) is 16.5 Å².